The predicted octanol–water partition coefficient (Wildman–Crippen LogP) is 2.78. The molecular weight excluding hydrogens is 310 g/mol. The summed E-state index contributed by atoms with van der Waals surface area (Å²) in [6.45, 7) is 5.86. The molecule has 0 bridgehead atoms. The van der Waals surface area contributed by atoms with Gasteiger partial charge in [-0.2, -0.15) is 0 Å². The number of aromatic nitrogens is 4. The summed E-state index contributed by atoms with van der Waals surface area (Å²) in [5, 5.41) is 11.8. The zero-order valence-electron chi connectivity index (χ0n) is 13.2. The van der Waals surface area contributed by atoms with Crippen molar-refractivity contribution in [2.24, 2.45) is 0 Å². The molecule has 118 valence electrons. The Morgan fingerprint density at radius 3 is 2.78 bits per heavy atom. The number of fused-ring (bicyclic) bond motifs is 1. The fourth-order valence-corrected chi connectivity index (χ4v) is 3.11. The van der Waals surface area contributed by atoms with E-state index in [9.17, 15) is 4.79 Å². The van der Waals surface area contributed by atoms with Gasteiger partial charge in [-0.3, -0.25) is 9.20 Å². The number of aryl methyl sites for hydroxylation is 3. The lowest BCUT2D eigenvalue weighted by molar-refractivity contribution is -0.113. The molecule has 1 N–H and O–H groups in total. The van der Waals surface area contributed by atoms with Crippen LogP contribution < -0.4 is 5.32 Å². The van der Waals surface area contributed by atoms with Crippen LogP contribution in [-0.4, -0.2) is 31.2 Å². The lowest BCUT2D eigenvalue weighted by Gasteiger charge is -2.07. The molecule has 23 heavy (non-hydrogen) atoms. The van der Waals surface area contributed by atoms with Crippen LogP contribution in [0.3, 0.4) is 0 Å². The average molecular weight is 327 g/mol. The lowest BCUT2D eigenvalue weighted by Crippen LogP contribution is -2.15. The Labute approximate surface area is 138 Å². The van der Waals surface area contributed by atoms with E-state index in [1.165, 1.54) is 11.8 Å². The first-order chi connectivity index (χ1) is 11.0. The summed E-state index contributed by atoms with van der Waals surface area (Å²) in [4.78, 5) is 16.5. The van der Waals surface area contributed by atoms with Crippen LogP contribution in [0.1, 0.15) is 17.0 Å². The van der Waals surface area contributed by atoms with Crippen molar-refractivity contribution in [3.63, 3.8) is 0 Å². The van der Waals surface area contributed by atoms with Crippen LogP contribution in [0.2, 0.25) is 0 Å². The molecule has 7 heteroatoms. The molecule has 1 amide bonds. The predicted molar refractivity (Wildman–Crippen MR) is 90.8 cm³/mol. The van der Waals surface area contributed by atoms with Crippen LogP contribution in [0.25, 0.3) is 5.78 Å². The van der Waals surface area contributed by atoms with Crippen LogP contribution in [0.4, 0.5) is 5.69 Å². The maximum absolute atomic E-state index is 12.1. The molecule has 0 atom stereocenters. The minimum atomic E-state index is -0.0706. The number of hydrogen-bond acceptors (Lipinski definition) is 5. The summed E-state index contributed by atoms with van der Waals surface area (Å²) in [5.41, 5.74) is 3.77. The first kappa shape index (κ1) is 15.5. The van der Waals surface area contributed by atoms with Crippen LogP contribution in [-0.2, 0) is 4.79 Å². The fraction of sp³-hybridized carbons (Fsp3) is 0.250. The number of hydrogen-bond donors (Lipinski definition) is 1. The summed E-state index contributed by atoms with van der Waals surface area (Å²) < 4.78 is 1.86. The van der Waals surface area contributed by atoms with E-state index >= 15 is 0 Å². The highest BCUT2D eigenvalue weighted by Gasteiger charge is 2.12. The molecule has 0 unspecified atom stereocenters. The molecule has 2 aromatic heterocycles. The molecule has 0 radical (unpaired) electrons. The SMILES string of the molecule is Cc1cc(C)n2c(SCC(=O)Nc3ccccc3C)nnc2n1. The molecule has 6 nitrogen and oxygen atoms in total. The van der Waals surface area contributed by atoms with E-state index in [1.54, 1.807) is 0 Å². The second-order valence-corrected chi connectivity index (χ2v) is 6.25. The van der Waals surface area contributed by atoms with Crippen molar-refractivity contribution in [2.45, 2.75) is 25.9 Å². The Kier molecular flexibility index (Phi) is 4.29. The number of benzene rings is 1. The second kappa shape index (κ2) is 6.37. The third kappa shape index (κ3) is 3.34. The average Bonchev–Trinajstić information content (AvgIpc) is 2.90. The molecule has 2 heterocycles. The number of nitrogens with one attached hydrogen (secondary N) is 1. The Morgan fingerprint density at radius 1 is 1.22 bits per heavy atom. The molecule has 1 aromatic carbocycles. The van der Waals surface area contributed by atoms with E-state index in [0.29, 0.717) is 10.9 Å². The first-order valence-electron chi connectivity index (χ1n) is 7.22. The highest BCUT2D eigenvalue weighted by atomic mass is 32.2. The summed E-state index contributed by atoms with van der Waals surface area (Å²) in [6, 6.07) is 9.67. The quantitative estimate of drug-likeness (QED) is 0.746. The Morgan fingerprint density at radius 2 is 2.00 bits per heavy atom. The number of carbonyl (C=O) groups is 1. The van der Waals surface area contributed by atoms with Gasteiger partial charge in [0.15, 0.2) is 5.16 Å². The smallest absolute Gasteiger partial charge is 0.256 e. The molecule has 0 aliphatic rings. The van der Waals surface area contributed by atoms with Gasteiger partial charge in [0, 0.05) is 17.1 Å². The normalized spacial score (nSPS) is 10.9. The zero-order valence-corrected chi connectivity index (χ0v) is 14.0. The van der Waals surface area contributed by atoms with Gasteiger partial charge in [0.25, 0.3) is 5.78 Å². The van der Waals surface area contributed by atoms with Gasteiger partial charge in [0.05, 0.1) is 5.75 Å². The third-order valence-electron chi connectivity index (χ3n) is 3.41. The van der Waals surface area contributed by atoms with Gasteiger partial charge in [-0.15, -0.1) is 10.2 Å². The number of amides is 1. The number of para-hydroxylation sites is 1. The summed E-state index contributed by atoms with van der Waals surface area (Å²) in [5.74, 6) is 0.755. The van der Waals surface area contributed by atoms with Crippen LogP contribution in [0.15, 0.2) is 35.5 Å². The van der Waals surface area contributed by atoms with E-state index in [0.717, 1.165) is 22.6 Å². The molecule has 0 saturated carbocycles. The van der Waals surface area contributed by atoms with Gasteiger partial charge in [0.2, 0.25) is 5.91 Å². The van der Waals surface area contributed by atoms with Gasteiger partial charge >= 0.3 is 0 Å². The van der Waals surface area contributed by atoms with Crippen LogP contribution >= 0.6 is 11.8 Å². The van der Waals surface area contributed by atoms with Crippen molar-refractivity contribution < 1.29 is 4.79 Å². The number of thioether (sulfide) groups is 1. The van der Waals surface area contributed by atoms with E-state index in [1.807, 2.05) is 55.5 Å². The van der Waals surface area contributed by atoms with Gasteiger partial charge in [-0.05, 0) is 38.5 Å². The van der Waals surface area contributed by atoms with Crippen LogP contribution in [0, 0.1) is 20.8 Å². The molecule has 3 rings (SSSR count). The summed E-state index contributed by atoms with van der Waals surface area (Å²) in [7, 11) is 0. The molecule has 0 saturated heterocycles. The van der Waals surface area contributed by atoms with Crippen molar-refractivity contribution >= 4 is 29.1 Å². The van der Waals surface area contributed by atoms with E-state index < -0.39 is 0 Å². The molecule has 0 aliphatic heterocycles. The third-order valence-corrected chi connectivity index (χ3v) is 4.34. The molecular formula is C16H17N5OS. The highest BCUT2D eigenvalue weighted by molar-refractivity contribution is 7.99. The molecule has 3 aromatic rings. The molecule has 0 aliphatic carbocycles. The van der Waals surface area contributed by atoms with E-state index in [-0.39, 0.29) is 11.7 Å². The first-order valence-corrected chi connectivity index (χ1v) is 8.21. The van der Waals surface area contributed by atoms with Crippen molar-refractivity contribution in [1.29, 1.82) is 0 Å². The minimum Gasteiger partial charge on any atom is -0.325 e. The molecule has 0 spiro atoms. The number of carbonyl (C=O) groups excluding carboxylic acids is 1. The van der Waals surface area contributed by atoms with Crippen LogP contribution in [0.5, 0.6) is 0 Å². The Hall–Kier alpha value is -2.41. The van der Waals surface area contributed by atoms with Crippen molar-refractivity contribution in [2.75, 3.05) is 11.1 Å². The topological polar surface area (TPSA) is 72.2 Å². The monoisotopic (exact) mass is 327 g/mol. The number of anilines is 1. The summed E-state index contributed by atoms with van der Waals surface area (Å²) >= 11 is 1.35. The number of rotatable bonds is 4. The number of nitrogens with zero attached hydrogens (tertiary/aromatic N) is 4. The van der Waals surface area contributed by atoms with E-state index in [4.69, 9.17) is 0 Å². The standard InChI is InChI=1S/C16H17N5OS/c1-10-6-4-5-7-13(10)18-14(22)9-23-16-20-19-15-17-11(2)8-12(3)21(15)16/h4-8H,9H2,1-3H3,(H,18,22). The molecule has 0 fully saturated rings. The van der Waals surface area contributed by atoms with Gasteiger partial charge in [-0.25, -0.2) is 4.98 Å². The van der Waals surface area contributed by atoms with E-state index in [2.05, 4.69) is 20.5 Å². The van der Waals surface area contributed by atoms with Crippen molar-refractivity contribution in [3.8, 4) is 0 Å². The maximum atomic E-state index is 12.1. The van der Waals surface area contributed by atoms with Gasteiger partial charge in [-0.1, -0.05) is 30.0 Å². The fourth-order valence-electron chi connectivity index (χ4n) is 2.32. The largest absolute Gasteiger partial charge is 0.325 e. The lowest BCUT2D eigenvalue weighted by atomic mass is 10.2. The Bertz CT molecular complexity index is 874. The maximum Gasteiger partial charge on any atom is 0.256 e. The zero-order chi connectivity index (χ0) is 16.4. The second-order valence-electron chi connectivity index (χ2n) is 5.31. The van der Waals surface area contributed by atoms with Gasteiger partial charge in [0.1, 0.15) is 0 Å². The minimum absolute atomic E-state index is 0.0706. The Balaban J connectivity index is 1.71. The van der Waals surface area contributed by atoms with Crippen molar-refractivity contribution in [1.82, 2.24) is 19.6 Å². The van der Waals surface area contributed by atoms with Crippen molar-refractivity contribution in [3.05, 3.63) is 47.3 Å². The highest BCUT2D eigenvalue weighted by Crippen LogP contribution is 2.19. The van der Waals surface area contributed by atoms with Gasteiger partial charge < -0.3 is 5.32 Å². The summed E-state index contributed by atoms with van der Waals surface area (Å²) in [6.07, 6.45) is 0.